The summed E-state index contributed by atoms with van der Waals surface area (Å²) in [6, 6.07) is 3.86. The van der Waals surface area contributed by atoms with Crippen LogP contribution >= 0.6 is 0 Å². The van der Waals surface area contributed by atoms with Gasteiger partial charge in [-0.1, -0.05) is 0 Å². The summed E-state index contributed by atoms with van der Waals surface area (Å²) in [5.74, 6) is 0.935. The number of fused-ring (bicyclic) bond motifs is 1. The first kappa shape index (κ1) is 13.8. The maximum atomic E-state index is 12.1. The number of nitrogens with zero attached hydrogens (tertiary/aromatic N) is 5. The summed E-state index contributed by atoms with van der Waals surface area (Å²) in [5, 5.41) is 4.32. The summed E-state index contributed by atoms with van der Waals surface area (Å²) in [5.41, 5.74) is 1.74. The molecule has 1 aliphatic heterocycles. The standard InChI is InChI=1S/C14H19N5O2/c1-10-8-13(19-12(16-10)4-5-15-19)18-6-7-21-11(9-18)14(20)17(2)3/h4-5,8,11H,6-7,9H2,1-3H3. The quantitative estimate of drug-likeness (QED) is 0.797. The zero-order valence-corrected chi connectivity index (χ0v) is 12.5. The minimum atomic E-state index is -0.437. The summed E-state index contributed by atoms with van der Waals surface area (Å²) in [7, 11) is 3.49. The van der Waals surface area contributed by atoms with E-state index in [1.807, 2.05) is 19.1 Å². The van der Waals surface area contributed by atoms with Gasteiger partial charge in [0.1, 0.15) is 5.82 Å². The van der Waals surface area contributed by atoms with Gasteiger partial charge in [0.2, 0.25) is 0 Å². The van der Waals surface area contributed by atoms with Crippen LogP contribution in [0.3, 0.4) is 0 Å². The topological polar surface area (TPSA) is 63.0 Å². The van der Waals surface area contributed by atoms with Gasteiger partial charge in [-0.15, -0.1) is 0 Å². The zero-order valence-electron chi connectivity index (χ0n) is 12.5. The van der Waals surface area contributed by atoms with Crippen LogP contribution in [0, 0.1) is 6.92 Å². The van der Waals surface area contributed by atoms with Crippen molar-refractivity contribution in [1.29, 1.82) is 0 Å². The van der Waals surface area contributed by atoms with Gasteiger partial charge in [0.15, 0.2) is 11.8 Å². The molecule has 1 aliphatic rings. The average Bonchev–Trinajstić information content (AvgIpc) is 2.93. The van der Waals surface area contributed by atoms with Gasteiger partial charge >= 0.3 is 0 Å². The Bertz CT molecular complexity index is 666. The van der Waals surface area contributed by atoms with E-state index in [1.165, 1.54) is 0 Å². The first-order valence-electron chi connectivity index (χ1n) is 6.95. The molecule has 0 aliphatic carbocycles. The molecule has 0 bridgehead atoms. The lowest BCUT2D eigenvalue weighted by atomic mass is 10.2. The molecule has 2 aromatic rings. The Morgan fingerprint density at radius 2 is 2.29 bits per heavy atom. The highest BCUT2D eigenvalue weighted by Gasteiger charge is 2.29. The number of likely N-dealkylation sites (N-methyl/N-ethyl adjacent to an activating group) is 1. The Morgan fingerprint density at radius 3 is 3.05 bits per heavy atom. The second kappa shape index (κ2) is 5.33. The first-order valence-corrected chi connectivity index (χ1v) is 6.95. The molecule has 112 valence electrons. The molecular formula is C14H19N5O2. The summed E-state index contributed by atoms with van der Waals surface area (Å²) in [6.07, 6.45) is 1.29. The van der Waals surface area contributed by atoms with Crippen molar-refractivity contribution < 1.29 is 9.53 Å². The molecule has 7 nitrogen and oxygen atoms in total. The number of hydrogen-bond donors (Lipinski definition) is 0. The van der Waals surface area contributed by atoms with E-state index in [0.29, 0.717) is 13.2 Å². The van der Waals surface area contributed by atoms with Crippen molar-refractivity contribution in [2.75, 3.05) is 38.7 Å². The van der Waals surface area contributed by atoms with Gasteiger partial charge in [-0.2, -0.15) is 9.61 Å². The predicted molar refractivity (Wildman–Crippen MR) is 78.4 cm³/mol. The molecule has 3 rings (SSSR count). The SMILES string of the molecule is Cc1cc(N2CCOC(C(=O)N(C)C)C2)n2nccc2n1. The van der Waals surface area contributed by atoms with Gasteiger partial charge in [-0.3, -0.25) is 4.79 Å². The normalized spacial score (nSPS) is 19.0. The summed E-state index contributed by atoms with van der Waals surface area (Å²) < 4.78 is 7.40. The van der Waals surface area contributed by atoms with E-state index >= 15 is 0 Å². The monoisotopic (exact) mass is 289 g/mol. The van der Waals surface area contributed by atoms with Crippen molar-refractivity contribution in [3.63, 3.8) is 0 Å². The highest BCUT2D eigenvalue weighted by molar-refractivity contribution is 5.81. The average molecular weight is 289 g/mol. The lowest BCUT2D eigenvalue weighted by Crippen LogP contribution is -2.50. The zero-order chi connectivity index (χ0) is 15.0. The van der Waals surface area contributed by atoms with Gasteiger partial charge in [-0.25, -0.2) is 4.98 Å². The van der Waals surface area contributed by atoms with Crippen molar-refractivity contribution in [3.8, 4) is 0 Å². The minimum Gasteiger partial charge on any atom is -0.365 e. The molecule has 21 heavy (non-hydrogen) atoms. The van der Waals surface area contributed by atoms with Gasteiger partial charge in [0.05, 0.1) is 19.3 Å². The second-order valence-corrected chi connectivity index (χ2v) is 5.40. The maximum Gasteiger partial charge on any atom is 0.253 e. The fourth-order valence-corrected chi connectivity index (χ4v) is 2.54. The number of aryl methyl sites for hydroxylation is 1. The molecule has 1 amide bonds. The lowest BCUT2D eigenvalue weighted by Gasteiger charge is -2.34. The molecule has 2 aromatic heterocycles. The molecule has 0 N–H and O–H groups in total. The summed E-state index contributed by atoms with van der Waals surface area (Å²) in [4.78, 5) is 20.2. The molecule has 0 spiro atoms. The van der Waals surface area contributed by atoms with Crippen molar-refractivity contribution >= 4 is 17.4 Å². The predicted octanol–water partition coefficient (Wildman–Crippen LogP) is 0.331. The molecule has 0 radical (unpaired) electrons. The van der Waals surface area contributed by atoms with Crippen molar-refractivity contribution in [1.82, 2.24) is 19.5 Å². The Hall–Kier alpha value is -2.15. The number of anilines is 1. The van der Waals surface area contributed by atoms with Crippen LogP contribution in [0.25, 0.3) is 5.65 Å². The van der Waals surface area contributed by atoms with Crippen molar-refractivity contribution in [2.45, 2.75) is 13.0 Å². The third-order valence-corrected chi connectivity index (χ3v) is 3.58. The fourth-order valence-electron chi connectivity index (χ4n) is 2.54. The number of ether oxygens (including phenoxy) is 1. The highest BCUT2D eigenvalue weighted by atomic mass is 16.5. The summed E-state index contributed by atoms with van der Waals surface area (Å²) >= 11 is 0. The van der Waals surface area contributed by atoms with Crippen LogP contribution in [0.4, 0.5) is 5.82 Å². The van der Waals surface area contributed by atoms with Gasteiger partial charge in [0.25, 0.3) is 5.91 Å². The van der Waals surface area contributed by atoms with E-state index in [4.69, 9.17) is 4.74 Å². The lowest BCUT2D eigenvalue weighted by molar-refractivity contribution is -0.141. The largest absolute Gasteiger partial charge is 0.365 e. The van der Waals surface area contributed by atoms with E-state index in [0.717, 1.165) is 23.7 Å². The molecule has 7 heteroatoms. The molecule has 1 atom stereocenters. The Labute approximate surface area is 123 Å². The van der Waals surface area contributed by atoms with Crippen molar-refractivity contribution in [3.05, 3.63) is 24.0 Å². The third kappa shape index (κ3) is 2.56. The number of morpholine rings is 1. The fraction of sp³-hybridized carbons (Fsp3) is 0.500. The Kier molecular flexibility index (Phi) is 3.50. The maximum absolute atomic E-state index is 12.1. The number of carbonyl (C=O) groups is 1. The van der Waals surface area contributed by atoms with Gasteiger partial charge < -0.3 is 14.5 Å². The van der Waals surface area contributed by atoms with E-state index < -0.39 is 6.10 Å². The third-order valence-electron chi connectivity index (χ3n) is 3.58. The van der Waals surface area contributed by atoms with E-state index in [9.17, 15) is 4.79 Å². The number of amides is 1. The molecule has 1 saturated heterocycles. The van der Waals surface area contributed by atoms with Crippen LogP contribution in [0.15, 0.2) is 18.3 Å². The van der Waals surface area contributed by atoms with Gasteiger partial charge in [0, 0.05) is 38.5 Å². The molecular weight excluding hydrogens is 270 g/mol. The van der Waals surface area contributed by atoms with Crippen LogP contribution in [0.1, 0.15) is 5.69 Å². The minimum absolute atomic E-state index is 0.0119. The van der Waals surface area contributed by atoms with Crippen LogP contribution in [-0.4, -0.2) is 65.3 Å². The Morgan fingerprint density at radius 1 is 1.48 bits per heavy atom. The van der Waals surface area contributed by atoms with E-state index in [1.54, 1.807) is 29.7 Å². The number of hydrogen-bond acceptors (Lipinski definition) is 5. The second-order valence-electron chi connectivity index (χ2n) is 5.40. The number of rotatable bonds is 2. The first-order chi connectivity index (χ1) is 10.1. The highest BCUT2D eigenvalue weighted by Crippen LogP contribution is 2.20. The van der Waals surface area contributed by atoms with Crippen LogP contribution < -0.4 is 4.90 Å². The smallest absolute Gasteiger partial charge is 0.253 e. The molecule has 1 fully saturated rings. The van der Waals surface area contributed by atoms with E-state index in [-0.39, 0.29) is 5.91 Å². The number of carbonyl (C=O) groups excluding carboxylic acids is 1. The van der Waals surface area contributed by atoms with Crippen molar-refractivity contribution in [2.24, 2.45) is 0 Å². The van der Waals surface area contributed by atoms with Gasteiger partial charge in [-0.05, 0) is 6.92 Å². The van der Waals surface area contributed by atoms with Crippen LogP contribution in [0.5, 0.6) is 0 Å². The van der Waals surface area contributed by atoms with E-state index in [2.05, 4.69) is 15.0 Å². The molecule has 0 aromatic carbocycles. The van der Waals surface area contributed by atoms with Crippen LogP contribution in [0.2, 0.25) is 0 Å². The molecule has 3 heterocycles. The number of aromatic nitrogens is 3. The Balaban J connectivity index is 1.91. The molecule has 1 unspecified atom stereocenters. The molecule has 0 saturated carbocycles. The summed E-state index contributed by atoms with van der Waals surface area (Å²) in [6.45, 7) is 3.73. The van der Waals surface area contributed by atoms with Crippen LogP contribution in [-0.2, 0) is 9.53 Å².